The first-order chi connectivity index (χ1) is 70.5. The van der Waals surface area contributed by atoms with E-state index in [4.69, 9.17) is 57.8 Å². The number of hydrogen-bond acceptors (Lipinski definition) is 26. The summed E-state index contributed by atoms with van der Waals surface area (Å²) in [6.45, 7) is 9.32. The molecule has 2 fully saturated rings. The average molecular weight is 2120 g/mol. The van der Waals surface area contributed by atoms with Crippen molar-refractivity contribution in [1.82, 2.24) is 44.7 Å². The zero-order valence-electron chi connectivity index (χ0n) is 81.1. The third-order valence-corrected chi connectivity index (χ3v) is 22.9. The SMILES string of the molecule is C=CC(=O)OCC.CCOC(=O)/C=C/c1ccc2cc(N)ncc2c1.CCOC(=O)/C=C/c1ccc2cc(N)ncc2c1.NCc1cc2cc(-c3ccc(C(=O)N4CCC(F)(F)CC4)cn3)cc(C(F)(F)F)c2o1.Nc1cc2ccc(/C=C/C(=O)CCc3cc4cc(-c5ccc(C(=O)N6CCC(F)(F)CC6)cn5)cc(C(F)(F)F)c4o3)cc2cn1.Nc1cc2ccc(/C=C/C(=O)O)cc2cn1.Nc1cc2ccc(Br)cc2cn1.[Li+].[OH-]. The molecule has 41 heteroatoms. The van der Waals surface area contributed by atoms with Gasteiger partial charge in [0, 0.05) is 186 Å². The first-order valence-corrected chi connectivity index (χ1v) is 46.6. The summed E-state index contributed by atoms with van der Waals surface area (Å²) in [4.78, 5) is 112. The number of aromatic nitrogens is 7. The molecule has 29 nitrogen and oxygen atoms in total. The molecule has 2 amide bonds. The van der Waals surface area contributed by atoms with Crippen molar-refractivity contribution in [2.45, 2.75) is 90.0 Å². The summed E-state index contributed by atoms with van der Waals surface area (Å²) < 4.78 is 162. The van der Waals surface area contributed by atoms with Crippen LogP contribution in [0.4, 0.5) is 73.0 Å². The standard InChI is InChI=1S/C34H27F5N4O3.C21H18F5N3O2.2C14H14N2O2.C12H10N2O2.C9H7BrN2.C5H8O2.Li.H2O/c35-33(36)9-11-43(12-10-33)32(45)22-4-8-29(41-18-22)23-14-24-15-27(46-31(24)28(16-23)34(37,38)39)7-6-26(44)5-2-20-1-3-21-17-30(40)42-19-25(21)13-20;22-20(23)3-5-29(6-4-20)19(30)12-1-2-17(28-11-12)13-7-14-8-15(10-27)31-18(14)16(9-13)21(24,25)26;2*1-2-18-14(17)6-4-10-3-5-11-8-13(15)16-9-12(11)7-10;13-11-6-9-3-1-8(2-4-12(15)16)5-10(9)7-14-11;10-8-2-1-6-4-9(11)12-5-7(6)3-8;1-3-5(6)7-4-2;;/h1-5,8,13-19H,6-7,9-12H2,(H2,40,42);1-2,7-9,11H,3-6,10,27H2;2*3-9H,2H2,1H3,(H2,15,16);1-7H,(H2,13,14)(H,15,16);1-5H,(H2,11,12);3H,1,4H2,2H3;;1H2/q;;;;;;;+1;/p-1/b5-2+;;2*6-4+;4-2+;;;;. The van der Waals surface area contributed by atoms with Crippen molar-refractivity contribution in [3.8, 4) is 22.5 Å². The van der Waals surface area contributed by atoms with Gasteiger partial charge in [-0.15, -0.1) is 0 Å². The number of allylic oxidation sites excluding steroid dienone is 1. The number of carbonyl (C=O) groups is 7. The fourth-order valence-corrected chi connectivity index (χ4v) is 15.4. The maximum absolute atomic E-state index is 14.1. The monoisotopic (exact) mass is 2120 g/mol. The minimum Gasteiger partial charge on any atom is -0.870 e. The van der Waals surface area contributed by atoms with Gasteiger partial charge in [0.2, 0.25) is 0 Å². The van der Waals surface area contributed by atoms with Crippen molar-refractivity contribution in [2.75, 3.05) is 74.7 Å². The number of hydrogen-bond donors (Lipinski definition) is 7. The number of ether oxygens (including phenoxy) is 3. The summed E-state index contributed by atoms with van der Waals surface area (Å²) >= 11 is 3.39. The molecule has 0 bridgehead atoms. The molecule has 2 saturated heterocycles. The molecular formula is C109H99BrF10LiN15O14. The second-order valence-corrected chi connectivity index (χ2v) is 34.1. The minimum absolute atomic E-state index is 0. The molecule has 0 unspecified atom stereocenters. The number of carbonyl (C=O) groups excluding carboxylic acids is 6. The molecule has 0 atom stereocenters. The molecular weight excluding hydrogens is 2020 g/mol. The van der Waals surface area contributed by atoms with E-state index < -0.39 is 78.8 Å². The summed E-state index contributed by atoms with van der Waals surface area (Å²) in [7, 11) is 0. The molecule has 7 aromatic carbocycles. The van der Waals surface area contributed by atoms with Crippen LogP contribution in [0.25, 0.3) is 123 Å². The van der Waals surface area contributed by atoms with Crippen molar-refractivity contribution >= 4 is 187 Å². The van der Waals surface area contributed by atoms with E-state index in [1.165, 1.54) is 95.0 Å². The summed E-state index contributed by atoms with van der Waals surface area (Å²) in [5.74, 6) is -5.85. The summed E-state index contributed by atoms with van der Waals surface area (Å²) in [6, 6.07) is 51.2. The Morgan fingerprint density at radius 3 is 1.06 bits per heavy atom. The zero-order chi connectivity index (χ0) is 107. The molecule has 150 heavy (non-hydrogen) atoms. The van der Waals surface area contributed by atoms with Crippen LogP contribution in [0.2, 0.25) is 0 Å². The van der Waals surface area contributed by atoms with Gasteiger partial charge in [0.1, 0.15) is 51.8 Å². The number of benzene rings is 7. The third kappa shape index (κ3) is 33.2. The van der Waals surface area contributed by atoms with Crippen LogP contribution in [0.1, 0.15) is 118 Å². The smallest absolute Gasteiger partial charge is 0.870 e. The Kier molecular flexibility index (Phi) is 40.5. The number of anilines is 5. The number of piperidine rings is 2. The number of nitrogen functional groups attached to an aromatic ring is 5. The minimum atomic E-state index is -4.74. The van der Waals surface area contributed by atoms with Crippen LogP contribution >= 0.6 is 15.9 Å². The number of ketones is 1. The zero-order valence-corrected chi connectivity index (χ0v) is 82.7. The van der Waals surface area contributed by atoms with Crippen molar-refractivity contribution in [2.24, 2.45) is 5.73 Å². The second kappa shape index (κ2) is 52.7. The van der Waals surface area contributed by atoms with Crippen molar-refractivity contribution in [1.29, 1.82) is 0 Å². The normalized spacial score (nSPS) is 13.1. The van der Waals surface area contributed by atoms with Crippen LogP contribution in [-0.2, 0) is 63.5 Å². The van der Waals surface area contributed by atoms with Gasteiger partial charge in [-0.25, -0.2) is 61.7 Å². The fourth-order valence-electron chi connectivity index (χ4n) is 15.0. The number of amides is 2. The van der Waals surface area contributed by atoms with Gasteiger partial charge in [-0.3, -0.25) is 24.4 Å². The number of pyridine rings is 7. The Labute approximate surface area is 871 Å². The molecule has 0 aliphatic carbocycles. The van der Waals surface area contributed by atoms with Crippen LogP contribution in [0, 0.1) is 0 Å². The molecule has 2 aliphatic rings. The number of furan rings is 2. The predicted molar refractivity (Wildman–Crippen MR) is 555 cm³/mol. The van der Waals surface area contributed by atoms with Gasteiger partial charge in [-0.1, -0.05) is 83.2 Å². The van der Waals surface area contributed by atoms with E-state index in [2.05, 4.69) is 62.1 Å². The first kappa shape index (κ1) is 115. The Morgan fingerprint density at radius 1 is 0.413 bits per heavy atom. The molecule has 772 valence electrons. The van der Waals surface area contributed by atoms with Crippen molar-refractivity contribution < 1.29 is 130 Å². The van der Waals surface area contributed by atoms with Gasteiger partial charge < -0.3 is 77.8 Å². The number of nitrogens with zero attached hydrogens (tertiary/aromatic N) is 9. The molecule has 0 saturated carbocycles. The number of esters is 3. The van der Waals surface area contributed by atoms with E-state index in [0.29, 0.717) is 48.9 Å². The van der Waals surface area contributed by atoms with Gasteiger partial charge in [-0.05, 0) is 222 Å². The van der Waals surface area contributed by atoms with E-state index in [0.717, 1.165) is 105 Å². The van der Waals surface area contributed by atoms with Crippen molar-refractivity contribution in [3.05, 3.63) is 323 Å². The van der Waals surface area contributed by atoms with E-state index in [1.807, 2.05) is 109 Å². The number of halogens is 11. The summed E-state index contributed by atoms with van der Waals surface area (Å²) in [6.07, 6.45) is 13.1. The van der Waals surface area contributed by atoms with Crippen LogP contribution in [-0.4, -0.2) is 155 Å². The molecule has 16 aromatic rings. The number of nitrogens with two attached hydrogens (primary N) is 6. The van der Waals surface area contributed by atoms with E-state index in [9.17, 15) is 77.5 Å². The fraction of sp³-hybridized carbons (Fsp3) is 0.193. The maximum Gasteiger partial charge on any atom is 1.00 e. The number of aryl methyl sites for hydroxylation is 1. The maximum atomic E-state index is 14.1. The predicted octanol–water partition coefficient (Wildman–Crippen LogP) is 19.4. The molecule has 9 aromatic heterocycles. The Balaban J connectivity index is 0.000000192. The van der Waals surface area contributed by atoms with Gasteiger partial charge in [-0.2, -0.15) is 26.3 Å². The van der Waals surface area contributed by atoms with Crippen LogP contribution in [0.5, 0.6) is 0 Å². The number of aliphatic carboxylic acids is 1. The summed E-state index contributed by atoms with van der Waals surface area (Å²) in [5, 5.41) is 18.8. The van der Waals surface area contributed by atoms with Gasteiger partial charge in [0.15, 0.2) is 5.78 Å². The third-order valence-electron chi connectivity index (χ3n) is 22.4. The number of carboxylic acids is 1. The number of carboxylic acid groups (broad SMARTS) is 1. The molecule has 0 radical (unpaired) electrons. The molecule has 14 N–H and O–H groups in total. The summed E-state index contributed by atoms with van der Waals surface area (Å²) in [5.41, 5.74) is 35.4. The van der Waals surface area contributed by atoms with Crippen molar-refractivity contribution in [3.63, 3.8) is 0 Å². The molecule has 11 heterocycles. The topological polar surface area (TPSA) is 477 Å². The molecule has 2 aliphatic heterocycles. The number of fused-ring (bicyclic) bond motifs is 7. The van der Waals surface area contributed by atoms with E-state index >= 15 is 0 Å². The number of alkyl halides is 10. The Hall–Kier alpha value is -16.5. The van der Waals surface area contributed by atoms with Gasteiger partial charge in [0.25, 0.3) is 23.7 Å². The van der Waals surface area contributed by atoms with Crippen LogP contribution in [0.3, 0.4) is 0 Å². The first-order valence-electron chi connectivity index (χ1n) is 45.8. The van der Waals surface area contributed by atoms with Crippen LogP contribution in [0.15, 0.2) is 276 Å². The Bertz CT molecular complexity index is 7530. The largest absolute Gasteiger partial charge is 1.00 e. The van der Waals surface area contributed by atoms with Crippen LogP contribution < -0.4 is 53.3 Å². The second-order valence-electron chi connectivity index (χ2n) is 33.2. The van der Waals surface area contributed by atoms with E-state index in [1.54, 1.807) is 82.1 Å². The quantitative estimate of drug-likeness (QED) is 0.0122. The Morgan fingerprint density at radius 2 is 0.740 bits per heavy atom. The molecule has 18 rings (SSSR count). The van der Waals surface area contributed by atoms with Gasteiger partial charge in [0.05, 0.1) is 60.0 Å². The number of likely N-dealkylation sites (tertiary alicyclic amines) is 2. The number of rotatable bonds is 20. The average Bonchev–Trinajstić information content (AvgIpc) is 1.58. The van der Waals surface area contributed by atoms with Gasteiger partial charge >= 0.3 is 55.1 Å². The molecule has 0 spiro atoms. The van der Waals surface area contributed by atoms with E-state index in [-0.39, 0.29) is 161 Å².